The molecule has 0 aliphatic heterocycles. The summed E-state index contributed by atoms with van der Waals surface area (Å²) in [4.78, 5) is 0. The summed E-state index contributed by atoms with van der Waals surface area (Å²) in [5.74, 6) is -1.37. The molecule has 0 spiro atoms. The molecule has 0 radical (unpaired) electrons. The summed E-state index contributed by atoms with van der Waals surface area (Å²) >= 11 is 0. The van der Waals surface area contributed by atoms with Gasteiger partial charge in [0.2, 0.25) is 5.71 Å². The highest BCUT2D eigenvalue weighted by atomic mass is 19.4. The van der Waals surface area contributed by atoms with Gasteiger partial charge in [0.25, 0.3) is 0 Å². The van der Waals surface area contributed by atoms with E-state index >= 15 is 0 Å². The van der Waals surface area contributed by atoms with E-state index in [0.29, 0.717) is 6.07 Å². The van der Waals surface area contributed by atoms with Gasteiger partial charge < -0.3 is 0 Å². The van der Waals surface area contributed by atoms with Crippen LogP contribution < -0.4 is 5.43 Å². The summed E-state index contributed by atoms with van der Waals surface area (Å²) in [5, 5.41) is 20.1. The summed E-state index contributed by atoms with van der Waals surface area (Å²) in [6, 6.07) is 4.44. The van der Waals surface area contributed by atoms with Crippen LogP contribution >= 0.6 is 0 Å². The summed E-state index contributed by atoms with van der Waals surface area (Å²) in [7, 11) is 0. The Balaban J connectivity index is 3.20. The van der Waals surface area contributed by atoms with Crippen LogP contribution in [0.15, 0.2) is 17.2 Å². The lowest BCUT2D eigenvalue weighted by Gasteiger charge is -2.11. The summed E-state index contributed by atoms with van der Waals surface area (Å²) in [6.07, 6.45) is -4.84. The second kappa shape index (κ2) is 5.36. The molecule has 8 heteroatoms. The number of nitriles is 2. The van der Waals surface area contributed by atoms with E-state index < -0.39 is 23.3 Å². The van der Waals surface area contributed by atoms with E-state index in [1.165, 1.54) is 12.1 Å². The van der Waals surface area contributed by atoms with Crippen LogP contribution in [0.1, 0.15) is 11.1 Å². The maximum absolute atomic E-state index is 13.3. The number of hydrogen-bond acceptors (Lipinski definition) is 4. The minimum atomic E-state index is -4.84. The van der Waals surface area contributed by atoms with Gasteiger partial charge in [-0.05, 0) is 24.6 Å². The molecule has 19 heavy (non-hydrogen) atoms. The van der Waals surface area contributed by atoms with Crippen LogP contribution in [-0.4, -0.2) is 5.71 Å². The zero-order valence-corrected chi connectivity index (χ0v) is 9.51. The van der Waals surface area contributed by atoms with Gasteiger partial charge in [-0.1, -0.05) is 0 Å². The van der Waals surface area contributed by atoms with E-state index in [4.69, 9.17) is 10.5 Å². The number of halogens is 4. The van der Waals surface area contributed by atoms with Gasteiger partial charge >= 0.3 is 6.18 Å². The second-order valence-corrected chi connectivity index (χ2v) is 3.45. The standard InChI is InChI=1S/C11H6F4N4/c1-6-2-7(18-19-8(4-16)5-17)3-9(10(6)12)11(13,14)15/h2-3,18H,1H3. The first-order valence-electron chi connectivity index (χ1n) is 4.81. The van der Waals surface area contributed by atoms with Gasteiger partial charge in [0.05, 0.1) is 11.3 Å². The Morgan fingerprint density at radius 1 is 1.26 bits per heavy atom. The minimum Gasteiger partial charge on any atom is -0.276 e. The van der Waals surface area contributed by atoms with E-state index in [-0.39, 0.29) is 11.3 Å². The third-order valence-electron chi connectivity index (χ3n) is 2.07. The number of nitrogens with zero attached hydrogens (tertiary/aromatic N) is 3. The monoisotopic (exact) mass is 270 g/mol. The van der Waals surface area contributed by atoms with Crippen molar-refractivity contribution in [3.8, 4) is 12.1 Å². The molecule has 4 nitrogen and oxygen atoms in total. The van der Waals surface area contributed by atoms with Crippen molar-refractivity contribution in [1.29, 1.82) is 10.5 Å². The molecule has 1 rings (SSSR count). The van der Waals surface area contributed by atoms with Crippen molar-refractivity contribution in [2.75, 3.05) is 5.43 Å². The molecule has 0 aliphatic carbocycles. The zero-order chi connectivity index (χ0) is 14.6. The minimum absolute atomic E-state index is 0.172. The average Bonchev–Trinajstić information content (AvgIpc) is 2.33. The van der Waals surface area contributed by atoms with Gasteiger partial charge in [0.1, 0.15) is 18.0 Å². The van der Waals surface area contributed by atoms with Crippen molar-refractivity contribution in [2.45, 2.75) is 13.1 Å². The molecule has 0 unspecified atom stereocenters. The number of alkyl halides is 3. The van der Waals surface area contributed by atoms with Crippen molar-refractivity contribution in [3.63, 3.8) is 0 Å². The van der Waals surface area contributed by atoms with Crippen LogP contribution in [0.25, 0.3) is 0 Å². The van der Waals surface area contributed by atoms with Crippen molar-refractivity contribution in [2.24, 2.45) is 5.10 Å². The van der Waals surface area contributed by atoms with Crippen LogP contribution in [-0.2, 0) is 6.18 Å². The van der Waals surface area contributed by atoms with E-state index in [1.807, 2.05) is 0 Å². The fourth-order valence-electron chi connectivity index (χ4n) is 1.24. The number of anilines is 1. The molecule has 0 heterocycles. The number of hydrogen-bond donors (Lipinski definition) is 1. The number of nitrogens with one attached hydrogen (secondary N) is 1. The Labute approximate surface area is 105 Å². The van der Waals surface area contributed by atoms with E-state index in [9.17, 15) is 17.6 Å². The molecule has 1 aromatic rings. The van der Waals surface area contributed by atoms with Gasteiger partial charge in [-0.15, -0.1) is 0 Å². The third kappa shape index (κ3) is 3.42. The number of benzene rings is 1. The van der Waals surface area contributed by atoms with Crippen LogP contribution in [0.5, 0.6) is 0 Å². The SMILES string of the molecule is Cc1cc(NN=C(C#N)C#N)cc(C(F)(F)F)c1F. The Hall–Kier alpha value is -2.61. The molecule has 0 bridgehead atoms. The number of aryl methyl sites for hydroxylation is 1. The fraction of sp³-hybridized carbons (Fsp3) is 0.182. The average molecular weight is 270 g/mol. The highest BCUT2D eigenvalue weighted by molar-refractivity contribution is 6.10. The molecular weight excluding hydrogens is 264 g/mol. The van der Waals surface area contributed by atoms with Gasteiger partial charge in [0.15, 0.2) is 0 Å². The molecule has 1 aromatic carbocycles. The highest BCUT2D eigenvalue weighted by Gasteiger charge is 2.35. The number of hydrazone groups is 1. The van der Waals surface area contributed by atoms with Crippen molar-refractivity contribution in [3.05, 3.63) is 29.1 Å². The zero-order valence-electron chi connectivity index (χ0n) is 9.51. The largest absolute Gasteiger partial charge is 0.419 e. The van der Waals surface area contributed by atoms with Crippen LogP contribution in [0.3, 0.4) is 0 Å². The predicted octanol–water partition coefficient (Wildman–Crippen LogP) is 2.97. The molecule has 1 N–H and O–H groups in total. The highest BCUT2D eigenvalue weighted by Crippen LogP contribution is 2.34. The lowest BCUT2D eigenvalue weighted by Crippen LogP contribution is -2.10. The van der Waals surface area contributed by atoms with E-state index in [2.05, 4.69) is 10.5 Å². The maximum atomic E-state index is 13.3. The molecule has 98 valence electrons. The first-order chi connectivity index (χ1) is 8.79. The van der Waals surface area contributed by atoms with Gasteiger partial charge in [-0.25, -0.2) is 4.39 Å². The van der Waals surface area contributed by atoms with Crippen LogP contribution in [0.2, 0.25) is 0 Å². The van der Waals surface area contributed by atoms with Crippen molar-refractivity contribution >= 4 is 11.4 Å². The molecule has 0 saturated heterocycles. The summed E-state index contributed by atoms with van der Waals surface area (Å²) < 4.78 is 50.9. The Morgan fingerprint density at radius 3 is 2.32 bits per heavy atom. The smallest absolute Gasteiger partial charge is 0.276 e. The fourth-order valence-corrected chi connectivity index (χ4v) is 1.24. The second-order valence-electron chi connectivity index (χ2n) is 3.45. The predicted molar refractivity (Wildman–Crippen MR) is 58.4 cm³/mol. The summed E-state index contributed by atoms with van der Waals surface area (Å²) in [5.41, 5.74) is -0.305. The Morgan fingerprint density at radius 2 is 1.84 bits per heavy atom. The Bertz CT molecular complexity index is 589. The quantitative estimate of drug-likeness (QED) is 0.510. The van der Waals surface area contributed by atoms with Crippen molar-refractivity contribution < 1.29 is 17.6 Å². The van der Waals surface area contributed by atoms with E-state index in [1.54, 1.807) is 0 Å². The first-order valence-corrected chi connectivity index (χ1v) is 4.81. The summed E-state index contributed by atoms with van der Waals surface area (Å²) in [6.45, 7) is 1.16. The van der Waals surface area contributed by atoms with Crippen LogP contribution in [0, 0.1) is 35.4 Å². The Kier molecular flexibility index (Phi) is 4.07. The van der Waals surface area contributed by atoms with Gasteiger partial charge in [-0.3, -0.25) is 5.43 Å². The molecule has 0 saturated carbocycles. The molecule has 0 fully saturated rings. The molecule has 0 aromatic heterocycles. The molecule has 0 atom stereocenters. The van der Waals surface area contributed by atoms with Crippen molar-refractivity contribution in [1.82, 2.24) is 0 Å². The molecule has 0 amide bonds. The third-order valence-corrected chi connectivity index (χ3v) is 2.07. The normalized spacial score (nSPS) is 10.3. The molecule has 0 aliphatic rings. The topological polar surface area (TPSA) is 72.0 Å². The van der Waals surface area contributed by atoms with Crippen LogP contribution in [0.4, 0.5) is 23.2 Å². The van der Waals surface area contributed by atoms with Gasteiger partial charge in [0, 0.05) is 0 Å². The molecular formula is C11H6F4N4. The first kappa shape index (κ1) is 14.5. The van der Waals surface area contributed by atoms with Gasteiger partial charge in [-0.2, -0.15) is 28.8 Å². The van der Waals surface area contributed by atoms with E-state index in [0.717, 1.165) is 13.0 Å². The maximum Gasteiger partial charge on any atom is 0.419 e. The lowest BCUT2D eigenvalue weighted by molar-refractivity contribution is -0.140. The number of rotatable bonds is 2. The lowest BCUT2D eigenvalue weighted by atomic mass is 10.1.